The molecule has 3 heterocycles. The number of carbonyl (C=O) groups is 3. The molecule has 7 unspecified atom stereocenters. The quantitative estimate of drug-likeness (QED) is 0.107. The maximum Gasteiger partial charge on any atom is 0.217 e. The first-order valence-electron chi connectivity index (χ1n) is 13.5. The molecule has 3 amide bonds. The van der Waals surface area contributed by atoms with Gasteiger partial charge in [-0.15, -0.1) is 0 Å². The third kappa shape index (κ3) is 8.14. The van der Waals surface area contributed by atoms with E-state index in [0.29, 0.717) is 0 Å². The molecule has 19 heteroatoms. The zero-order chi connectivity index (χ0) is 32.2. The number of hydrogen-bond donors (Lipinski definition) is 11. The zero-order valence-electron chi connectivity index (χ0n) is 23.6. The van der Waals surface area contributed by atoms with Gasteiger partial charge in [0.2, 0.25) is 17.7 Å². The number of aliphatic hydroxyl groups is 8. The summed E-state index contributed by atoms with van der Waals surface area (Å²) in [5.41, 5.74) is 0. The highest BCUT2D eigenvalue weighted by atomic mass is 16.7. The molecule has 0 radical (unpaired) electrons. The van der Waals surface area contributed by atoms with E-state index in [1.807, 2.05) is 0 Å². The Balaban J connectivity index is 1.89. The first-order chi connectivity index (χ1) is 20.2. The maximum absolute atomic E-state index is 12.1. The second kappa shape index (κ2) is 15.3. The molecule has 248 valence electrons. The van der Waals surface area contributed by atoms with Crippen molar-refractivity contribution in [3.8, 4) is 0 Å². The van der Waals surface area contributed by atoms with Crippen LogP contribution in [0.15, 0.2) is 0 Å². The van der Waals surface area contributed by atoms with Crippen molar-refractivity contribution in [2.75, 3.05) is 19.8 Å². The molecule has 0 aromatic carbocycles. The smallest absolute Gasteiger partial charge is 0.217 e. The lowest BCUT2D eigenvalue weighted by atomic mass is 9.93. The van der Waals surface area contributed by atoms with Gasteiger partial charge in [-0.25, -0.2) is 0 Å². The Morgan fingerprint density at radius 1 is 0.558 bits per heavy atom. The Kier molecular flexibility index (Phi) is 12.5. The third-order valence-corrected chi connectivity index (χ3v) is 7.30. The molecule has 3 aliphatic heterocycles. The van der Waals surface area contributed by atoms with Crippen LogP contribution < -0.4 is 16.0 Å². The molecule has 3 aliphatic rings. The summed E-state index contributed by atoms with van der Waals surface area (Å²) in [5, 5.41) is 90.0. The molecule has 3 rings (SSSR count). The van der Waals surface area contributed by atoms with Gasteiger partial charge in [-0.1, -0.05) is 0 Å². The zero-order valence-corrected chi connectivity index (χ0v) is 23.6. The average Bonchev–Trinajstić information content (AvgIpc) is 2.94. The molecule has 15 atom stereocenters. The van der Waals surface area contributed by atoms with Gasteiger partial charge in [0.05, 0.1) is 19.8 Å². The largest absolute Gasteiger partial charge is 0.394 e. The minimum Gasteiger partial charge on any atom is -0.394 e. The summed E-state index contributed by atoms with van der Waals surface area (Å²) < 4.78 is 28.3. The van der Waals surface area contributed by atoms with Crippen molar-refractivity contribution in [1.82, 2.24) is 16.0 Å². The van der Waals surface area contributed by atoms with E-state index in [9.17, 15) is 55.2 Å². The van der Waals surface area contributed by atoms with Crippen molar-refractivity contribution < 1.29 is 78.9 Å². The lowest BCUT2D eigenvalue weighted by Crippen LogP contribution is -2.71. The van der Waals surface area contributed by atoms with Crippen LogP contribution in [0.3, 0.4) is 0 Å². The number of amides is 3. The predicted molar refractivity (Wildman–Crippen MR) is 136 cm³/mol. The summed E-state index contributed by atoms with van der Waals surface area (Å²) in [6, 6.07) is -4.31. The molecule has 0 aromatic rings. The number of ether oxygens (including phenoxy) is 5. The average molecular weight is 628 g/mol. The van der Waals surface area contributed by atoms with Gasteiger partial charge >= 0.3 is 0 Å². The fourth-order valence-corrected chi connectivity index (χ4v) is 5.28. The van der Waals surface area contributed by atoms with Gasteiger partial charge in [0.25, 0.3) is 0 Å². The topological polar surface area (TPSA) is 295 Å². The van der Waals surface area contributed by atoms with Crippen LogP contribution >= 0.6 is 0 Å². The van der Waals surface area contributed by atoms with Crippen LogP contribution in [0, 0.1) is 0 Å². The van der Waals surface area contributed by atoms with Crippen molar-refractivity contribution in [2.45, 2.75) is 113 Å². The summed E-state index contributed by atoms with van der Waals surface area (Å²) in [7, 11) is 0. The number of nitrogens with one attached hydrogen (secondary N) is 3. The number of rotatable bonds is 10. The van der Waals surface area contributed by atoms with Crippen LogP contribution in [-0.4, -0.2) is 170 Å². The second-order valence-electron chi connectivity index (χ2n) is 10.5. The van der Waals surface area contributed by atoms with Crippen LogP contribution in [0.5, 0.6) is 0 Å². The minimum absolute atomic E-state index is 0.628. The lowest BCUT2D eigenvalue weighted by molar-refractivity contribution is -0.351. The normalized spacial score (nSPS) is 43.5. The van der Waals surface area contributed by atoms with Crippen molar-refractivity contribution in [1.29, 1.82) is 0 Å². The molecule has 19 nitrogen and oxygen atoms in total. The van der Waals surface area contributed by atoms with Crippen LogP contribution in [0.4, 0.5) is 0 Å². The van der Waals surface area contributed by atoms with Gasteiger partial charge in [-0.05, 0) is 0 Å². The molecule has 0 saturated carbocycles. The first kappa shape index (κ1) is 35.4. The lowest BCUT2D eigenvalue weighted by Gasteiger charge is -2.49. The first-order valence-corrected chi connectivity index (χ1v) is 13.5. The fourth-order valence-electron chi connectivity index (χ4n) is 5.28. The summed E-state index contributed by atoms with van der Waals surface area (Å²) in [4.78, 5) is 35.5. The Morgan fingerprint density at radius 2 is 0.930 bits per heavy atom. The Hall–Kier alpha value is -2.11. The van der Waals surface area contributed by atoms with E-state index < -0.39 is 129 Å². The molecule has 11 N–H and O–H groups in total. The molecule has 3 saturated heterocycles. The van der Waals surface area contributed by atoms with Crippen molar-refractivity contribution in [2.24, 2.45) is 0 Å². The SMILES string of the molecule is CC(=O)NC1C(O)C(O)[C@@H](CO)O[C@H]1O[C@H]1C(O)C(NC(C)=O)[C@H](O[C@H]2C(O)C(NC(C)=O)[C@H](O)O[C@@H]2CO)O[C@@H]1CO. The molecular weight excluding hydrogens is 586 g/mol. The van der Waals surface area contributed by atoms with E-state index in [2.05, 4.69) is 16.0 Å². The molecule has 0 aliphatic carbocycles. The van der Waals surface area contributed by atoms with Crippen molar-refractivity contribution >= 4 is 17.7 Å². The van der Waals surface area contributed by atoms with Gasteiger partial charge in [0.15, 0.2) is 18.9 Å². The van der Waals surface area contributed by atoms with E-state index >= 15 is 0 Å². The van der Waals surface area contributed by atoms with Gasteiger partial charge in [-0.2, -0.15) is 0 Å². The van der Waals surface area contributed by atoms with Crippen molar-refractivity contribution in [3.05, 3.63) is 0 Å². The molecule has 0 aromatic heterocycles. The highest BCUT2D eigenvalue weighted by Gasteiger charge is 2.54. The van der Waals surface area contributed by atoms with Crippen molar-refractivity contribution in [3.63, 3.8) is 0 Å². The number of carbonyl (C=O) groups excluding carboxylic acids is 3. The summed E-state index contributed by atoms with van der Waals surface area (Å²) in [6.07, 6.45) is -19.0. The molecule has 0 spiro atoms. The third-order valence-electron chi connectivity index (χ3n) is 7.30. The van der Waals surface area contributed by atoms with E-state index in [-0.39, 0.29) is 0 Å². The molecule has 3 fully saturated rings. The second-order valence-corrected chi connectivity index (χ2v) is 10.5. The Morgan fingerprint density at radius 3 is 1.37 bits per heavy atom. The van der Waals surface area contributed by atoms with Gasteiger partial charge in [0.1, 0.15) is 73.1 Å². The van der Waals surface area contributed by atoms with E-state index in [1.54, 1.807) is 0 Å². The van der Waals surface area contributed by atoms with Crippen LogP contribution in [0.1, 0.15) is 20.8 Å². The summed E-state index contributed by atoms with van der Waals surface area (Å²) in [5.74, 6) is -1.96. The summed E-state index contributed by atoms with van der Waals surface area (Å²) >= 11 is 0. The Labute approximate surface area is 245 Å². The minimum atomic E-state index is -1.77. The molecular formula is C24H41N3O16. The van der Waals surface area contributed by atoms with Crippen LogP contribution in [-0.2, 0) is 38.1 Å². The number of aliphatic hydroxyl groups excluding tert-OH is 8. The monoisotopic (exact) mass is 627 g/mol. The van der Waals surface area contributed by atoms with E-state index in [4.69, 9.17) is 23.7 Å². The standard InChI is InChI=1S/C24H41N3O16/c1-7(31)25-13-18(36)20(11(5-29)39-22(13)38)42-24-15(27-9(3)33)19(37)21(12(6-30)41-24)43-23-14(26-8(2)32)17(35)16(34)10(4-28)40-23/h10-24,28-30,34-38H,4-6H2,1-3H3,(H,25,31)(H,26,32)(H,27,33)/t10-,11-,12-,13?,14?,15?,16?,17?,18?,19?,20-,21-,22-,23+,24+/m1/s1. The summed E-state index contributed by atoms with van der Waals surface area (Å²) in [6.45, 7) is 0.995. The Bertz CT molecular complexity index is 962. The van der Waals surface area contributed by atoms with E-state index in [0.717, 1.165) is 20.8 Å². The van der Waals surface area contributed by atoms with E-state index in [1.165, 1.54) is 0 Å². The van der Waals surface area contributed by atoms with Crippen LogP contribution in [0.2, 0.25) is 0 Å². The molecule has 0 bridgehead atoms. The van der Waals surface area contributed by atoms with Crippen LogP contribution in [0.25, 0.3) is 0 Å². The van der Waals surface area contributed by atoms with Gasteiger partial charge in [-0.3, -0.25) is 14.4 Å². The predicted octanol–water partition coefficient (Wildman–Crippen LogP) is -7.14. The number of hydrogen-bond acceptors (Lipinski definition) is 16. The fraction of sp³-hybridized carbons (Fsp3) is 0.875. The highest BCUT2D eigenvalue weighted by Crippen LogP contribution is 2.32. The molecule has 43 heavy (non-hydrogen) atoms. The van der Waals surface area contributed by atoms with Gasteiger partial charge < -0.3 is 80.5 Å². The van der Waals surface area contributed by atoms with Gasteiger partial charge in [0, 0.05) is 20.8 Å². The maximum atomic E-state index is 12.1. The highest BCUT2D eigenvalue weighted by molar-refractivity contribution is 5.74.